The lowest BCUT2D eigenvalue weighted by molar-refractivity contribution is -0.133. The van der Waals surface area contributed by atoms with Gasteiger partial charge in [-0.2, -0.15) is 5.26 Å². The molecule has 1 aromatic carbocycles. The van der Waals surface area contributed by atoms with Crippen LogP contribution in [0.1, 0.15) is 61.3 Å². The van der Waals surface area contributed by atoms with Gasteiger partial charge in [-0.05, 0) is 56.9 Å². The van der Waals surface area contributed by atoms with E-state index in [0.29, 0.717) is 41.0 Å². The molecule has 0 spiro atoms. The first kappa shape index (κ1) is 28.5. The van der Waals surface area contributed by atoms with Crippen LogP contribution in [0, 0.1) is 24.1 Å². The molecule has 0 aliphatic carbocycles. The van der Waals surface area contributed by atoms with E-state index in [0.717, 1.165) is 27.8 Å². The molecule has 1 amide bonds. The van der Waals surface area contributed by atoms with Gasteiger partial charge in [0.15, 0.2) is 0 Å². The monoisotopic (exact) mass is 556 g/mol. The zero-order chi connectivity index (χ0) is 28.3. The molecule has 11 heteroatoms. The molecule has 1 aliphatic heterocycles. The number of methoxy groups -OCH3 is 1. The molecule has 0 unspecified atom stereocenters. The van der Waals surface area contributed by atoms with E-state index in [1.54, 1.807) is 11.8 Å². The number of carbonyl (C=O) groups excluding carboxylic acids is 1. The number of amides is 1. The number of ether oxygens (including phenoxy) is 2. The average molecular weight is 557 g/mol. The third kappa shape index (κ3) is 5.49. The number of benzene rings is 1. The van der Waals surface area contributed by atoms with Crippen LogP contribution < -0.4 is 16.0 Å². The maximum atomic E-state index is 14.3. The number of carbonyl (C=O) groups is 1. The average Bonchev–Trinajstić information content (AvgIpc) is 3.58. The van der Waals surface area contributed by atoms with Crippen LogP contribution in [0.4, 0.5) is 4.39 Å². The number of likely N-dealkylation sites (tertiary alicyclic amines) is 1. The summed E-state index contributed by atoms with van der Waals surface area (Å²) in [5.41, 5.74) is 0.0141. The quantitative estimate of drug-likeness (QED) is 0.348. The van der Waals surface area contributed by atoms with Crippen LogP contribution in [0.5, 0.6) is 5.75 Å². The molecule has 9 nitrogen and oxygen atoms in total. The van der Waals surface area contributed by atoms with Crippen molar-refractivity contribution in [2.45, 2.75) is 65.1 Å². The molecule has 4 rings (SSSR count). The fourth-order valence-corrected chi connectivity index (χ4v) is 6.41. The standard InChI is InChI=1S/C28H33FN4O5S/c1-5-23-17(2)24-26(35)33(18(3)25(34)31-12-6-7-13-31)28(36)32(27(24)39-23)16-22(38-14-8-11-30)20-15-19(29)9-10-21(20)37-4/h9-10,15,18,22H,5-8,12-14,16H2,1-4H3/t18-,22+/m1/s1. The number of nitrogens with zero attached hydrogens (tertiary/aromatic N) is 4. The number of fused-ring (bicyclic) bond motifs is 1. The van der Waals surface area contributed by atoms with Crippen molar-refractivity contribution in [3.05, 3.63) is 60.9 Å². The Hall–Kier alpha value is -3.49. The van der Waals surface area contributed by atoms with E-state index < -0.39 is 29.2 Å². The second kappa shape index (κ2) is 12.1. The summed E-state index contributed by atoms with van der Waals surface area (Å²) in [6.07, 6.45) is 1.67. The van der Waals surface area contributed by atoms with E-state index in [1.807, 2.05) is 19.9 Å². The highest BCUT2D eigenvalue weighted by molar-refractivity contribution is 7.18. The smallest absolute Gasteiger partial charge is 0.332 e. The van der Waals surface area contributed by atoms with Crippen molar-refractivity contribution in [2.24, 2.45) is 0 Å². The van der Waals surface area contributed by atoms with E-state index in [9.17, 15) is 18.8 Å². The lowest BCUT2D eigenvalue weighted by atomic mass is 10.1. The zero-order valence-corrected chi connectivity index (χ0v) is 23.5. The molecule has 0 radical (unpaired) electrons. The minimum absolute atomic E-state index is 0.0475. The third-order valence-electron chi connectivity index (χ3n) is 7.25. The Kier molecular flexibility index (Phi) is 8.87. The summed E-state index contributed by atoms with van der Waals surface area (Å²) in [6.45, 7) is 6.57. The Labute approximate surface area is 230 Å². The molecule has 0 N–H and O–H groups in total. The van der Waals surface area contributed by atoms with Crippen molar-refractivity contribution in [3.8, 4) is 11.8 Å². The van der Waals surface area contributed by atoms with Gasteiger partial charge >= 0.3 is 5.69 Å². The minimum atomic E-state index is -0.996. The highest BCUT2D eigenvalue weighted by Gasteiger charge is 2.30. The SMILES string of the molecule is CCc1sc2c(c1C)c(=O)n([C@H](C)C(=O)N1CCCC1)c(=O)n2C[C@H](OCCC#N)c1cc(F)ccc1OC. The number of nitriles is 1. The lowest BCUT2D eigenvalue weighted by Gasteiger charge is -2.24. The van der Waals surface area contributed by atoms with E-state index >= 15 is 0 Å². The number of aromatic nitrogens is 2. The summed E-state index contributed by atoms with van der Waals surface area (Å²) < 4.78 is 28.3. The number of hydrogen-bond donors (Lipinski definition) is 0. The summed E-state index contributed by atoms with van der Waals surface area (Å²) in [5.74, 6) is -0.410. The first-order chi connectivity index (χ1) is 18.7. The molecular formula is C28H33FN4O5S. The van der Waals surface area contributed by atoms with Crippen LogP contribution in [0.25, 0.3) is 10.2 Å². The van der Waals surface area contributed by atoms with Crippen molar-refractivity contribution in [3.63, 3.8) is 0 Å². The van der Waals surface area contributed by atoms with E-state index in [2.05, 4.69) is 0 Å². The molecule has 39 heavy (non-hydrogen) atoms. The molecule has 3 heterocycles. The minimum Gasteiger partial charge on any atom is -0.496 e. The number of rotatable bonds is 10. The summed E-state index contributed by atoms with van der Waals surface area (Å²) in [4.78, 5) is 44.2. The topological polar surface area (TPSA) is 107 Å². The third-order valence-corrected chi connectivity index (χ3v) is 8.70. The molecule has 1 fully saturated rings. The molecule has 1 aliphatic rings. The number of halogens is 1. The van der Waals surface area contributed by atoms with Gasteiger partial charge in [0, 0.05) is 23.5 Å². The summed E-state index contributed by atoms with van der Waals surface area (Å²) in [7, 11) is 1.45. The molecule has 2 aromatic heterocycles. The van der Waals surface area contributed by atoms with Crippen molar-refractivity contribution < 1.29 is 18.7 Å². The summed E-state index contributed by atoms with van der Waals surface area (Å²) >= 11 is 1.35. The van der Waals surface area contributed by atoms with Gasteiger partial charge in [-0.25, -0.2) is 13.8 Å². The van der Waals surface area contributed by atoms with Gasteiger partial charge in [-0.15, -0.1) is 11.3 Å². The second-order valence-electron chi connectivity index (χ2n) is 9.61. The fourth-order valence-electron chi connectivity index (χ4n) is 5.17. The van der Waals surface area contributed by atoms with Crippen LogP contribution in [0.15, 0.2) is 27.8 Å². The van der Waals surface area contributed by atoms with Gasteiger partial charge < -0.3 is 14.4 Å². The normalized spacial score (nSPS) is 14.9. The molecule has 208 valence electrons. The van der Waals surface area contributed by atoms with Crippen molar-refractivity contribution in [1.82, 2.24) is 14.0 Å². The Morgan fingerprint density at radius 1 is 1.26 bits per heavy atom. The first-order valence-corrected chi connectivity index (χ1v) is 13.9. The van der Waals surface area contributed by atoms with Crippen LogP contribution in [-0.4, -0.2) is 46.7 Å². The zero-order valence-electron chi connectivity index (χ0n) is 22.7. The Morgan fingerprint density at radius 2 is 1.97 bits per heavy atom. The highest BCUT2D eigenvalue weighted by atomic mass is 32.1. The van der Waals surface area contributed by atoms with E-state index in [1.165, 1.54) is 41.2 Å². The molecule has 3 aromatic rings. The van der Waals surface area contributed by atoms with Crippen LogP contribution in [-0.2, 0) is 22.5 Å². The molecule has 0 saturated carbocycles. The van der Waals surface area contributed by atoms with Gasteiger partial charge in [0.25, 0.3) is 5.56 Å². The first-order valence-electron chi connectivity index (χ1n) is 13.1. The maximum absolute atomic E-state index is 14.3. The highest BCUT2D eigenvalue weighted by Crippen LogP contribution is 2.33. The van der Waals surface area contributed by atoms with E-state index in [4.69, 9.17) is 14.7 Å². The molecule has 2 atom stereocenters. The van der Waals surface area contributed by atoms with Crippen molar-refractivity contribution in [2.75, 3.05) is 26.8 Å². The summed E-state index contributed by atoms with van der Waals surface area (Å²) in [6, 6.07) is 5.05. The van der Waals surface area contributed by atoms with E-state index in [-0.39, 0.29) is 25.5 Å². The lowest BCUT2D eigenvalue weighted by Crippen LogP contribution is -2.47. The molecule has 1 saturated heterocycles. The van der Waals surface area contributed by atoms with Crippen LogP contribution in [0.3, 0.4) is 0 Å². The summed E-state index contributed by atoms with van der Waals surface area (Å²) in [5, 5.41) is 9.45. The maximum Gasteiger partial charge on any atom is 0.332 e. The van der Waals surface area contributed by atoms with Gasteiger partial charge in [-0.3, -0.25) is 14.2 Å². The van der Waals surface area contributed by atoms with Gasteiger partial charge in [0.1, 0.15) is 28.5 Å². The predicted molar refractivity (Wildman–Crippen MR) is 147 cm³/mol. The Morgan fingerprint density at radius 3 is 2.62 bits per heavy atom. The number of thiophene rings is 1. The second-order valence-corrected chi connectivity index (χ2v) is 10.7. The fraction of sp³-hybridized carbons (Fsp3) is 0.500. The largest absolute Gasteiger partial charge is 0.496 e. The molecule has 0 bridgehead atoms. The van der Waals surface area contributed by atoms with Gasteiger partial charge in [0.2, 0.25) is 5.91 Å². The van der Waals surface area contributed by atoms with Crippen molar-refractivity contribution in [1.29, 1.82) is 5.26 Å². The predicted octanol–water partition coefficient (Wildman–Crippen LogP) is 4.10. The van der Waals surface area contributed by atoms with Gasteiger partial charge in [-0.1, -0.05) is 6.92 Å². The van der Waals surface area contributed by atoms with Gasteiger partial charge in [0.05, 0.1) is 38.1 Å². The number of aryl methyl sites for hydroxylation is 2. The number of hydrogen-bond acceptors (Lipinski definition) is 7. The van der Waals surface area contributed by atoms with Crippen LogP contribution >= 0.6 is 11.3 Å². The van der Waals surface area contributed by atoms with Crippen LogP contribution in [0.2, 0.25) is 0 Å². The Bertz CT molecular complexity index is 1530. The Balaban J connectivity index is 1.92. The van der Waals surface area contributed by atoms with Crippen molar-refractivity contribution >= 4 is 27.5 Å². The molecular weight excluding hydrogens is 523 g/mol.